The summed E-state index contributed by atoms with van der Waals surface area (Å²) in [5.74, 6) is -0.308. The van der Waals surface area contributed by atoms with Crippen LogP contribution in [-0.4, -0.2) is 11.6 Å². The van der Waals surface area contributed by atoms with Gasteiger partial charge < -0.3 is 0 Å². The Hall–Kier alpha value is -2.52. The minimum absolute atomic E-state index is 0.109. The second-order valence-electron chi connectivity index (χ2n) is 6.09. The van der Waals surface area contributed by atoms with Crippen molar-refractivity contribution in [2.24, 2.45) is 0 Å². The van der Waals surface area contributed by atoms with Gasteiger partial charge in [0, 0.05) is 16.5 Å². The fourth-order valence-electron chi connectivity index (χ4n) is 3.34. The van der Waals surface area contributed by atoms with Crippen molar-refractivity contribution < 1.29 is 9.59 Å². The number of hydrogen-bond acceptors (Lipinski definition) is 2. The molecule has 0 bridgehead atoms. The van der Waals surface area contributed by atoms with Crippen LogP contribution in [0.2, 0.25) is 0 Å². The van der Waals surface area contributed by atoms with E-state index in [-0.39, 0.29) is 18.0 Å². The molecule has 0 aliphatic carbocycles. The molecule has 0 heterocycles. The highest BCUT2D eigenvalue weighted by Crippen LogP contribution is 2.38. The molecule has 3 heteroatoms. The molecule has 0 saturated heterocycles. The lowest BCUT2D eigenvalue weighted by atomic mass is 9.66. The van der Waals surface area contributed by atoms with Crippen LogP contribution in [0.25, 0.3) is 0 Å². The van der Waals surface area contributed by atoms with Crippen molar-refractivity contribution in [3.05, 3.63) is 106 Å². The van der Waals surface area contributed by atoms with Crippen molar-refractivity contribution in [3.8, 4) is 0 Å². The molecule has 0 aromatic heterocycles. The molecule has 0 aliphatic heterocycles. The van der Waals surface area contributed by atoms with Gasteiger partial charge in [0.25, 0.3) is 0 Å². The van der Waals surface area contributed by atoms with Crippen LogP contribution < -0.4 is 0 Å². The van der Waals surface area contributed by atoms with Gasteiger partial charge in [-0.25, -0.2) is 0 Å². The average molecular weight is 407 g/mol. The maximum absolute atomic E-state index is 13.7. The monoisotopic (exact) mass is 406 g/mol. The predicted molar refractivity (Wildman–Crippen MR) is 107 cm³/mol. The number of ketones is 2. The van der Waals surface area contributed by atoms with E-state index >= 15 is 0 Å². The van der Waals surface area contributed by atoms with Gasteiger partial charge in [0.1, 0.15) is 5.41 Å². The molecule has 0 unspecified atom stereocenters. The molecular formula is C23H19BrO2. The number of carbonyl (C=O) groups is 2. The number of hydrogen-bond donors (Lipinski definition) is 0. The average Bonchev–Trinajstić information content (AvgIpc) is 2.70. The molecule has 130 valence electrons. The van der Waals surface area contributed by atoms with Gasteiger partial charge in [-0.2, -0.15) is 0 Å². The van der Waals surface area contributed by atoms with Crippen LogP contribution >= 0.6 is 15.9 Å². The Balaban J connectivity index is 2.32. The van der Waals surface area contributed by atoms with Crippen molar-refractivity contribution in [1.82, 2.24) is 0 Å². The minimum atomic E-state index is -1.34. The Morgan fingerprint density at radius 2 is 1.23 bits per heavy atom. The topological polar surface area (TPSA) is 34.1 Å². The Bertz CT molecular complexity index is 860. The van der Waals surface area contributed by atoms with Crippen LogP contribution in [-0.2, 0) is 10.2 Å². The lowest BCUT2D eigenvalue weighted by Gasteiger charge is -2.32. The second kappa shape index (κ2) is 7.79. The normalized spacial score (nSPS) is 11.2. The van der Waals surface area contributed by atoms with Crippen molar-refractivity contribution in [3.63, 3.8) is 0 Å². The molecule has 3 aromatic carbocycles. The SMILES string of the molecule is CCC(=O)C(C(=O)c1ccc(Br)cc1)(c1ccccc1)c1ccccc1. The fourth-order valence-corrected chi connectivity index (χ4v) is 3.60. The summed E-state index contributed by atoms with van der Waals surface area (Å²) in [4.78, 5) is 27.0. The number of Topliss-reactive ketones (excluding diaryl/α,β-unsaturated/α-hetero) is 2. The van der Waals surface area contributed by atoms with Gasteiger partial charge in [-0.15, -0.1) is 0 Å². The van der Waals surface area contributed by atoms with Crippen LogP contribution in [0.1, 0.15) is 34.8 Å². The highest BCUT2D eigenvalue weighted by atomic mass is 79.9. The van der Waals surface area contributed by atoms with Crippen molar-refractivity contribution in [2.75, 3.05) is 0 Å². The molecule has 0 aliphatic rings. The molecule has 0 N–H and O–H groups in total. The van der Waals surface area contributed by atoms with E-state index in [1.165, 1.54) is 0 Å². The molecule has 0 fully saturated rings. The Morgan fingerprint density at radius 1 is 0.769 bits per heavy atom. The van der Waals surface area contributed by atoms with E-state index in [9.17, 15) is 9.59 Å². The van der Waals surface area contributed by atoms with Crippen LogP contribution in [0.4, 0.5) is 0 Å². The van der Waals surface area contributed by atoms with Crippen LogP contribution in [0, 0.1) is 0 Å². The summed E-state index contributed by atoms with van der Waals surface area (Å²) < 4.78 is 0.890. The number of carbonyl (C=O) groups excluding carboxylic acids is 2. The third kappa shape index (κ3) is 3.15. The maximum Gasteiger partial charge on any atom is 0.185 e. The van der Waals surface area contributed by atoms with Crippen LogP contribution in [0.3, 0.4) is 0 Å². The Kier molecular flexibility index (Phi) is 5.48. The van der Waals surface area contributed by atoms with Crippen molar-refractivity contribution in [1.29, 1.82) is 0 Å². The molecule has 0 atom stereocenters. The largest absolute Gasteiger partial charge is 0.298 e. The Labute approximate surface area is 162 Å². The van der Waals surface area contributed by atoms with E-state index in [1.807, 2.05) is 72.8 Å². The summed E-state index contributed by atoms with van der Waals surface area (Å²) in [6, 6.07) is 25.8. The van der Waals surface area contributed by atoms with Gasteiger partial charge in [-0.3, -0.25) is 9.59 Å². The summed E-state index contributed by atoms with van der Waals surface area (Å²) >= 11 is 3.40. The van der Waals surface area contributed by atoms with E-state index in [1.54, 1.807) is 19.1 Å². The lowest BCUT2D eigenvalue weighted by Crippen LogP contribution is -2.44. The Morgan fingerprint density at radius 3 is 1.65 bits per heavy atom. The zero-order valence-corrected chi connectivity index (χ0v) is 16.1. The molecule has 0 saturated carbocycles. The molecule has 3 rings (SSSR count). The summed E-state index contributed by atoms with van der Waals surface area (Å²) in [6.45, 7) is 1.80. The van der Waals surface area contributed by atoms with Crippen LogP contribution in [0.5, 0.6) is 0 Å². The minimum Gasteiger partial charge on any atom is -0.298 e. The lowest BCUT2D eigenvalue weighted by molar-refractivity contribution is -0.121. The zero-order chi connectivity index (χ0) is 18.6. The van der Waals surface area contributed by atoms with Crippen LogP contribution in [0.15, 0.2) is 89.4 Å². The first-order valence-corrected chi connectivity index (χ1v) is 9.34. The summed E-state index contributed by atoms with van der Waals surface area (Å²) in [5, 5.41) is 0. The standard InChI is InChI=1S/C23H19BrO2/c1-2-21(25)23(18-9-5-3-6-10-18,19-11-7-4-8-12-19)22(26)17-13-15-20(24)16-14-17/h3-16H,2H2,1H3. The third-order valence-corrected chi connectivity index (χ3v) is 5.13. The van der Waals surface area contributed by atoms with E-state index in [0.717, 1.165) is 4.47 Å². The van der Waals surface area contributed by atoms with Gasteiger partial charge in [0.15, 0.2) is 11.6 Å². The van der Waals surface area contributed by atoms with E-state index in [0.29, 0.717) is 16.7 Å². The quantitative estimate of drug-likeness (QED) is 0.394. The second-order valence-corrected chi connectivity index (χ2v) is 7.01. The van der Waals surface area contributed by atoms with E-state index < -0.39 is 5.41 Å². The summed E-state index contributed by atoms with van der Waals surface area (Å²) in [6.07, 6.45) is 0.270. The smallest absolute Gasteiger partial charge is 0.185 e. The molecule has 26 heavy (non-hydrogen) atoms. The van der Waals surface area contributed by atoms with Gasteiger partial charge in [-0.05, 0) is 23.3 Å². The maximum atomic E-state index is 13.7. The highest BCUT2D eigenvalue weighted by molar-refractivity contribution is 9.10. The molecule has 2 nitrogen and oxygen atoms in total. The van der Waals surface area contributed by atoms with Crippen molar-refractivity contribution in [2.45, 2.75) is 18.8 Å². The first-order chi connectivity index (χ1) is 12.6. The summed E-state index contributed by atoms with van der Waals surface area (Å²) in [7, 11) is 0. The predicted octanol–water partition coefficient (Wildman–Crippen LogP) is 5.60. The number of rotatable bonds is 6. The van der Waals surface area contributed by atoms with E-state index in [4.69, 9.17) is 0 Å². The molecule has 0 radical (unpaired) electrons. The van der Waals surface area contributed by atoms with Crippen molar-refractivity contribution >= 4 is 27.5 Å². The third-order valence-electron chi connectivity index (χ3n) is 4.60. The highest BCUT2D eigenvalue weighted by Gasteiger charge is 2.47. The molecule has 0 spiro atoms. The first kappa shape index (κ1) is 18.3. The van der Waals surface area contributed by atoms with Gasteiger partial charge >= 0.3 is 0 Å². The first-order valence-electron chi connectivity index (χ1n) is 8.55. The van der Waals surface area contributed by atoms with Gasteiger partial charge in [0.2, 0.25) is 0 Å². The zero-order valence-electron chi connectivity index (χ0n) is 14.5. The summed E-state index contributed by atoms with van der Waals surface area (Å²) in [5.41, 5.74) is 0.574. The van der Waals surface area contributed by atoms with Gasteiger partial charge in [-0.1, -0.05) is 95.7 Å². The molecule has 3 aromatic rings. The van der Waals surface area contributed by atoms with Gasteiger partial charge in [0.05, 0.1) is 0 Å². The molecule has 0 amide bonds. The number of halogens is 1. The van der Waals surface area contributed by atoms with E-state index in [2.05, 4.69) is 15.9 Å². The molecular weight excluding hydrogens is 388 g/mol. The fraction of sp³-hybridized carbons (Fsp3) is 0.130. The number of benzene rings is 3.